The number of aromatic nitrogens is 3. The number of nitrogens with two attached hydrogens (primary N) is 1. The van der Waals surface area contributed by atoms with Crippen molar-refractivity contribution in [2.75, 3.05) is 5.73 Å². The zero-order valence-electron chi connectivity index (χ0n) is 13.9. The first-order chi connectivity index (χ1) is 12.5. The van der Waals surface area contributed by atoms with E-state index in [9.17, 15) is 4.39 Å². The van der Waals surface area contributed by atoms with Gasteiger partial charge in [-0.1, -0.05) is 11.6 Å². The zero-order valence-corrected chi connectivity index (χ0v) is 14.6. The molecule has 0 fully saturated rings. The molecule has 0 bridgehead atoms. The molecule has 0 aliphatic heterocycles. The van der Waals surface area contributed by atoms with E-state index in [2.05, 4.69) is 15.0 Å². The Balaban J connectivity index is 1.98. The molecule has 4 nitrogen and oxygen atoms in total. The molecule has 0 spiro atoms. The summed E-state index contributed by atoms with van der Waals surface area (Å²) in [6.07, 6.45) is 3.23. The van der Waals surface area contributed by atoms with Crippen molar-refractivity contribution in [3.05, 3.63) is 71.3 Å². The van der Waals surface area contributed by atoms with E-state index in [0.717, 1.165) is 27.6 Å². The lowest BCUT2D eigenvalue weighted by Gasteiger charge is -2.11. The van der Waals surface area contributed by atoms with E-state index in [0.29, 0.717) is 16.4 Å². The number of rotatable bonds is 2. The summed E-state index contributed by atoms with van der Waals surface area (Å²) in [7, 11) is 0. The van der Waals surface area contributed by atoms with Crippen LogP contribution >= 0.6 is 11.6 Å². The number of hydrogen-bond donors (Lipinski definition) is 1. The number of anilines is 1. The average molecular weight is 365 g/mol. The number of benzene rings is 2. The first-order valence-corrected chi connectivity index (χ1v) is 8.34. The van der Waals surface area contributed by atoms with Crippen LogP contribution in [-0.2, 0) is 0 Å². The van der Waals surface area contributed by atoms with Crippen molar-refractivity contribution < 1.29 is 4.39 Å². The fraction of sp³-hybridized carbons (Fsp3) is 0.0500. The number of hydrogen-bond acceptors (Lipinski definition) is 4. The van der Waals surface area contributed by atoms with Gasteiger partial charge in [-0.3, -0.25) is 9.97 Å². The summed E-state index contributed by atoms with van der Waals surface area (Å²) in [5.41, 5.74) is 10.3. The van der Waals surface area contributed by atoms with Crippen LogP contribution in [0.1, 0.15) is 5.56 Å². The highest BCUT2D eigenvalue weighted by Gasteiger charge is 2.15. The Morgan fingerprint density at radius 1 is 0.962 bits per heavy atom. The van der Waals surface area contributed by atoms with Gasteiger partial charge in [0.05, 0.1) is 28.1 Å². The van der Waals surface area contributed by atoms with Gasteiger partial charge in [-0.15, -0.1) is 0 Å². The number of nitrogen functional groups attached to an aromatic ring is 1. The Kier molecular flexibility index (Phi) is 4.01. The molecular weight excluding hydrogens is 351 g/mol. The monoisotopic (exact) mass is 364 g/mol. The smallest absolute Gasteiger partial charge is 0.142 e. The van der Waals surface area contributed by atoms with Crippen molar-refractivity contribution >= 4 is 28.3 Å². The Morgan fingerprint density at radius 2 is 1.73 bits per heavy atom. The van der Waals surface area contributed by atoms with E-state index in [-0.39, 0.29) is 11.6 Å². The molecule has 0 aliphatic carbocycles. The lowest BCUT2D eigenvalue weighted by atomic mass is 10.0. The molecule has 0 aliphatic rings. The number of halogens is 2. The maximum Gasteiger partial charge on any atom is 0.142 e. The van der Waals surface area contributed by atoms with Crippen LogP contribution in [0.15, 0.2) is 54.9 Å². The SMILES string of the molecule is Cc1ccnc2c(Cl)cc(-c3ncc(N)nc3-c3ccc(F)cc3)cc12. The maximum atomic E-state index is 13.3. The lowest BCUT2D eigenvalue weighted by molar-refractivity contribution is 0.628. The second kappa shape index (κ2) is 6.35. The van der Waals surface area contributed by atoms with Gasteiger partial charge in [-0.2, -0.15) is 0 Å². The minimum Gasteiger partial charge on any atom is -0.382 e. The number of aryl methyl sites for hydroxylation is 1. The molecule has 2 aromatic heterocycles. The van der Waals surface area contributed by atoms with Crippen molar-refractivity contribution in [2.24, 2.45) is 0 Å². The van der Waals surface area contributed by atoms with Crippen molar-refractivity contribution in [3.8, 4) is 22.5 Å². The molecule has 0 saturated carbocycles. The molecular formula is C20H14ClFN4. The number of nitrogens with zero attached hydrogens (tertiary/aromatic N) is 3. The molecule has 0 saturated heterocycles. The molecule has 26 heavy (non-hydrogen) atoms. The van der Waals surface area contributed by atoms with Gasteiger partial charge in [0.15, 0.2) is 0 Å². The van der Waals surface area contributed by atoms with Crippen molar-refractivity contribution in [1.82, 2.24) is 15.0 Å². The van der Waals surface area contributed by atoms with Crippen LogP contribution in [0.4, 0.5) is 10.2 Å². The summed E-state index contributed by atoms with van der Waals surface area (Å²) in [4.78, 5) is 13.2. The molecule has 0 radical (unpaired) electrons. The number of pyridine rings is 1. The first kappa shape index (κ1) is 16.4. The van der Waals surface area contributed by atoms with Gasteiger partial charge in [-0.05, 0) is 55.0 Å². The standard InChI is InChI=1S/C20H14ClFN4/c1-11-6-7-24-20-15(11)8-13(9-16(20)21)18-19(26-17(23)10-25-18)12-2-4-14(22)5-3-12/h2-10H,1H3,(H2,23,26). The fourth-order valence-electron chi connectivity index (χ4n) is 2.90. The third kappa shape index (κ3) is 2.86. The third-order valence-electron chi connectivity index (χ3n) is 4.20. The Labute approximate surface area is 154 Å². The topological polar surface area (TPSA) is 64.7 Å². The summed E-state index contributed by atoms with van der Waals surface area (Å²) in [6, 6.07) is 11.8. The van der Waals surface area contributed by atoms with Gasteiger partial charge in [0.25, 0.3) is 0 Å². The summed E-state index contributed by atoms with van der Waals surface area (Å²) in [5, 5.41) is 1.48. The van der Waals surface area contributed by atoms with Crippen LogP contribution in [-0.4, -0.2) is 15.0 Å². The van der Waals surface area contributed by atoms with Gasteiger partial charge in [-0.25, -0.2) is 9.37 Å². The third-order valence-corrected chi connectivity index (χ3v) is 4.49. The summed E-state index contributed by atoms with van der Waals surface area (Å²) < 4.78 is 13.3. The van der Waals surface area contributed by atoms with Crippen molar-refractivity contribution in [1.29, 1.82) is 0 Å². The molecule has 128 valence electrons. The highest BCUT2D eigenvalue weighted by molar-refractivity contribution is 6.35. The Morgan fingerprint density at radius 3 is 2.50 bits per heavy atom. The quantitative estimate of drug-likeness (QED) is 0.541. The van der Waals surface area contributed by atoms with Crippen LogP contribution in [0.2, 0.25) is 5.02 Å². The molecule has 2 heterocycles. The van der Waals surface area contributed by atoms with Gasteiger partial charge < -0.3 is 5.73 Å². The van der Waals surface area contributed by atoms with Crippen LogP contribution in [0, 0.1) is 12.7 Å². The predicted octanol–water partition coefficient (Wildman–Crippen LogP) is 5.04. The van der Waals surface area contributed by atoms with E-state index in [4.69, 9.17) is 17.3 Å². The molecule has 0 atom stereocenters. The van der Waals surface area contributed by atoms with Gasteiger partial charge in [0.1, 0.15) is 11.6 Å². The maximum absolute atomic E-state index is 13.3. The fourth-order valence-corrected chi connectivity index (χ4v) is 3.17. The Bertz CT molecular complexity index is 1130. The Hall–Kier alpha value is -3.05. The summed E-state index contributed by atoms with van der Waals surface area (Å²) >= 11 is 6.45. The highest BCUT2D eigenvalue weighted by Crippen LogP contribution is 2.34. The van der Waals surface area contributed by atoms with Crippen LogP contribution < -0.4 is 5.73 Å². The molecule has 0 unspecified atom stereocenters. The van der Waals surface area contributed by atoms with Crippen molar-refractivity contribution in [2.45, 2.75) is 6.92 Å². The van der Waals surface area contributed by atoms with Gasteiger partial charge in [0.2, 0.25) is 0 Å². The minimum absolute atomic E-state index is 0.290. The summed E-state index contributed by atoms with van der Waals surface area (Å²) in [6.45, 7) is 2.00. The van der Waals surface area contributed by atoms with Crippen LogP contribution in [0.3, 0.4) is 0 Å². The van der Waals surface area contributed by atoms with E-state index in [1.165, 1.54) is 18.3 Å². The molecule has 4 rings (SSSR count). The molecule has 0 amide bonds. The largest absolute Gasteiger partial charge is 0.382 e. The number of fused-ring (bicyclic) bond motifs is 1. The van der Waals surface area contributed by atoms with E-state index in [1.54, 1.807) is 18.3 Å². The van der Waals surface area contributed by atoms with Gasteiger partial charge >= 0.3 is 0 Å². The first-order valence-electron chi connectivity index (χ1n) is 7.96. The highest BCUT2D eigenvalue weighted by atomic mass is 35.5. The molecule has 6 heteroatoms. The summed E-state index contributed by atoms with van der Waals surface area (Å²) in [5.74, 6) is -0.0274. The lowest BCUT2D eigenvalue weighted by Crippen LogP contribution is -1.99. The van der Waals surface area contributed by atoms with Crippen LogP contribution in [0.5, 0.6) is 0 Å². The minimum atomic E-state index is -0.317. The van der Waals surface area contributed by atoms with Crippen LogP contribution in [0.25, 0.3) is 33.4 Å². The predicted molar refractivity (Wildman–Crippen MR) is 102 cm³/mol. The zero-order chi connectivity index (χ0) is 18.3. The normalized spacial score (nSPS) is 11.0. The van der Waals surface area contributed by atoms with E-state index in [1.807, 2.05) is 25.1 Å². The van der Waals surface area contributed by atoms with E-state index >= 15 is 0 Å². The second-order valence-electron chi connectivity index (χ2n) is 5.98. The molecule has 2 N–H and O–H groups in total. The molecule has 4 aromatic rings. The van der Waals surface area contributed by atoms with Gasteiger partial charge in [0, 0.05) is 22.7 Å². The second-order valence-corrected chi connectivity index (χ2v) is 6.39. The van der Waals surface area contributed by atoms with E-state index < -0.39 is 0 Å². The van der Waals surface area contributed by atoms with Crippen molar-refractivity contribution in [3.63, 3.8) is 0 Å². The molecule has 2 aromatic carbocycles. The average Bonchev–Trinajstić information content (AvgIpc) is 2.63.